The van der Waals surface area contributed by atoms with Gasteiger partial charge in [0, 0.05) is 93.9 Å². The Kier molecular flexibility index (Phi) is 10.8. The van der Waals surface area contributed by atoms with Gasteiger partial charge in [0.05, 0.1) is 78.0 Å². The molecule has 2 saturated carbocycles. The number of aryl methyl sites for hydroxylation is 2. The number of methoxy groups -OCH3 is 1. The van der Waals surface area contributed by atoms with Crippen LogP contribution in [0.4, 0.5) is 0 Å². The van der Waals surface area contributed by atoms with Gasteiger partial charge in [-0.2, -0.15) is 9.97 Å². The SMILES string of the molecule is COc1ccc2cc(-c3nc4cc(C(=O)N5CC[C@@H]6OC(Oc7ccc8cc(-c9nc%10cc(C(=O)N%11CC[C@H]%12OCCN[C@H]%12C%11)ccc%10n9C)n(CC9CC9)c8n7)CN[C@@H]6C5)ccc4n3C)n(CC3CC3)c2n1. The maximum Gasteiger partial charge on any atom is 0.253 e. The number of ether oxygens (including phenoxy) is 4. The molecule has 8 aromatic rings. The predicted octanol–water partition coefficient (Wildman–Crippen LogP) is 6.13. The van der Waals surface area contributed by atoms with Gasteiger partial charge in [-0.25, -0.2) is 9.97 Å². The second kappa shape index (κ2) is 17.7. The summed E-state index contributed by atoms with van der Waals surface area (Å²) in [6.45, 7) is 6.09. The van der Waals surface area contributed by atoms with Gasteiger partial charge < -0.3 is 57.6 Å². The summed E-state index contributed by atoms with van der Waals surface area (Å²) in [6.07, 6.45) is 5.79. The van der Waals surface area contributed by atoms with Gasteiger partial charge in [-0.3, -0.25) is 9.59 Å². The number of rotatable bonds is 11. The summed E-state index contributed by atoms with van der Waals surface area (Å²) in [5.74, 6) is 3.96. The third kappa shape index (κ3) is 8.09. The lowest BCUT2D eigenvalue weighted by atomic mass is 9.99. The number of aromatic nitrogens is 8. The van der Waals surface area contributed by atoms with Gasteiger partial charge >= 0.3 is 0 Å². The summed E-state index contributed by atoms with van der Waals surface area (Å²) >= 11 is 0. The van der Waals surface area contributed by atoms with Crippen LogP contribution in [-0.2, 0) is 36.7 Å². The van der Waals surface area contributed by atoms with Crippen LogP contribution in [0.25, 0.3) is 67.2 Å². The van der Waals surface area contributed by atoms with E-state index in [1.54, 1.807) is 7.11 Å². The van der Waals surface area contributed by atoms with Gasteiger partial charge in [0.1, 0.15) is 11.3 Å². The smallest absolute Gasteiger partial charge is 0.253 e. The molecule has 0 spiro atoms. The summed E-state index contributed by atoms with van der Waals surface area (Å²) in [5, 5.41) is 9.23. The molecule has 73 heavy (non-hydrogen) atoms. The average molecular weight is 985 g/mol. The Morgan fingerprint density at radius 2 is 1.19 bits per heavy atom. The van der Waals surface area contributed by atoms with Crippen molar-refractivity contribution in [2.45, 2.75) is 82.2 Å². The van der Waals surface area contributed by atoms with Crippen LogP contribution in [0, 0.1) is 11.8 Å². The lowest BCUT2D eigenvalue weighted by Crippen LogP contribution is -2.62. The van der Waals surface area contributed by atoms with E-state index in [1.165, 1.54) is 25.7 Å². The van der Waals surface area contributed by atoms with Gasteiger partial charge in [0.2, 0.25) is 18.1 Å². The molecular weight excluding hydrogens is 925 g/mol. The Bertz CT molecular complexity index is 3490. The Morgan fingerprint density at radius 3 is 1.77 bits per heavy atom. The Labute approximate surface area is 421 Å². The summed E-state index contributed by atoms with van der Waals surface area (Å²) < 4.78 is 33.3. The number of hydrogen-bond donors (Lipinski definition) is 2. The van der Waals surface area contributed by atoms with E-state index in [1.807, 2.05) is 72.4 Å². The average Bonchev–Trinajstić information content (AvgIpc) is 4.31. The number of morpholine rings is 2. The number of nitrogens with zero attached hydrogens (tertiary/aromatic N) is 10. The monoisotopic (exact) mass is 984 g/mol. The van der Waals surface area contributed by atoms with Crippen LogP contribution in [0.3, 0.4) is 0 Å². The molecule has 4 saturated heterocycles. The molecule has 376 valence electrons. The zero-order valence-corrected chi connectivity index (χ0v) is 41.5. The van der Waals surface area contributed by atoms with Crippen LogP contribution in [0.5, 0.6) is 11.8 Å². The summed E-state index contributed by atoms with van der Waals surface area (Å²) in [4.78, 5) is 52.1. The number of carbonyl (C=O) groups excluding carboxylic acids is 2. The number of likely N-dealkylation sites (tertiary alicyclic amines) is 2. The quantitative estimate of drug-likeness (QED) is 0.152. The Morgan fingerprint density at radius 1 is 0.644 bits per heavy atom. The van der Waals surface area contributed by atoms with Gasteiger partial charge in [-0.05, 0) is 111 Å². The molecule has 6 aromatic heterocycles. The topological polar surface area (TPSA) is 173 Å². The lowest BCUT2D eigenvalue weighted by molar-refractivity contribution is -0.165. The molecule has 2 aliphatic carbocycles. The van der Waals surface area contributed by atoms with Crippen LogP contribution in [-0.4, -0.2) is 143 Å². The van der Waals surface area contributed by atoms with Gasteiger partial charge in [-0.15, -0.1) is 0 Å². The predicted molar refractivity (Wildman–Crippen MR) is 275 cm³/mol. The molecule has 0 bridgehead atoms. The molecule has 18 heteroatoms. The van der Waals surface area contributed by atoms with Crippen molar-refractivity contribution in [2.75, 3.05) is 53.0 Å². The molecule has 2 N–H and O–H groups in total. The largest absolute Gasteiger partial charge is 0.481 e. The third-order valence-electron chi connectivity index (χ3n) is 16.3. The van der Waals surface area contributed by atoms with Crippen LogP contribution >= 0.6 is 0 Å². The fraction of sp³-hybridized carbons (Fsp3) is 0.455. The summed E-state index contributed by atoms with van der Waals surface area (Å²) in [7, 11) is 5.72. The maximum absolute atomic E-state index is 14.2. The highest BCUT2D eigenvalue weighted by atomic mass is 16.7. The Balaban J connectivity index is 0.655. The number of imidazole rings is 2. The lowest BCUT2D eigenvalue weighted by Gasteiger charge is -2.43. The van der Waals surface area contributed by atoms with Crippen LogP contribution in [0.15, 0.2) is 72.8 Å². The first kappa shape index (κ1) is 44.8. The number of benzene rings is 2. The van der Waals surface area contributed by atoms with Crippen molar-refractivity contribution < 1.29 is 28.5 Å². The number of pyridine rings is 2. The van der Waals surface area contributed by atoms with E-state index in [2.05, 4.69) is 53.2 Å². The van der Waals surface area contributed by atoms with Gasteiger partial charge in [-0.1, -0.05) is 0 Å². The molecular formula is C55H60N12O6. The molecule has 1 unspecified atom stereocenters. The van der Waals surface area contributed by atoms with E-state index in [0.717, 1.165) is 99.8 Å². The molecule has 10 heterocycles. The second-order valence-electron chi connectivity index (χ2n) is 21.2. The van der Waals surface area contributed by atoms with Crippen molar-refractivity contribution in [1.82, 2.24) is 58.6 Å². The van der Waals surface area contributed by atoms with Crippen molar-refractivity contribution in [1.29, 1.82) is 0 Å². The number of piperidine rings is 2. The molecule has 0 radical (unpaired) electrons. The highest BCUT2D eigenvalue weighted by molar-refractivity contribution is 5.99. The van der Waals surface area contributed by atoms with E-state index in [0.29, 0.717) is 73.9 Å². The van der Waals surface area contributed by atoms with Gasteiger partial charge in [0.15, 0.2) is 11.6 Å². The first-order valence-corrected chi connectivity index (χ1v) is 26.2. The highest BCUT2D eigenvalue weighted by Crippen LogP contribution is 2.39. The van der Waals surface area contributed by atoms with Crippen molar-refractivity contribution in [3.63, 3.8) is 0 Å². The number of hydrogen-bond acceptors (Lipinski definition) is 12. The fourth-order valence-electron chi connectivity index (χ4n) is 11.9. The molecule has 5 atom stereocenters. The summed E-state index contributed by atoms with van der Waals surface area (Å²) in [5.41, 5.74) is 8.48. The van der Waals surface area contributed by atoms with E-state index < -0.39 is 6.29 Å². The van der Waals surface area contributed by atoms with Crippen molar-refractivity contribution in [3.8, 4) is 34.8 Å². The van der Waals surface area contributed by atoms with E-state index in [4.69, 9.17) is 38.9 Å². The minimum atomic E-state index is -0.545. The van der Waals surface area contributed by atoms with Crippen molar-refractivity contribution in [2.24, 2.45) is 25.9 Å². The maximum atomic E-state index is 14.2. The highest BCUT2D eigenvalue weighted by Gasteiger charge is 2.39. The van der Waals surface area contributed by atoms with E-state index >= 15 is 0 Å². The normalized spacial score (nSPS) is 23.4. The fourth-order valence-corrected chi connectivity index (χ4v) is 11.9. The van der Waals surface area contributed by atoms with Crippen molar-refractivity contribution in [3.05, 3.63) is 83.9 Å². The van der Waals surface area contributed by atoms with E-state index in [9.17, 15) is 9.59 Å². The second-order valence-corrected chi connectivity index (χ2v) is 21.2. The number of nitrogens with one attached hydrogen (secondary N) is 2. The Hall–Kier alpha value is -6.86. The standard InChI is InChI=1S/C55H60N12O6/c1-62-41-13-9-36(23-38(41)58-52(62)43-24-33-10-14-47(70-3)60-50(33)66(43)27-31-4-5-31)55(69)65-20-17-46-40(30-65)57-26-49(72-46)73-48-15-11-34-25-44(67(51(34)61-48)28-32-6-7-32)53-59-37-22-35(8-12-42(37)63(53)2)54(68)64-19-16-45-39(29-64)56-18-21-71-45/h8-15,22-25,31-32,39-40,45-46,49,56-57H,4-7,16-21,26-30H2,1-3H3/t39-,40+,45+,46-,49?/m0/s1. The minimum Gasteiger partial charge on any atom is -0.481 e. The molecule has 14 rings (SSSR count). The number of amides is 2. The summed E-state index contributed by atoms with van der Waals surface area (Å²) in [6, 6.07) is 24.1. The first-order valence-electron chi connectivity index (χ1n) is 26.2. The molecule has 18 nitrogen and oxygen atoms in total. The van der Waals surface area contributed by atoms with Crippen molar-refractivity contribution >= 4 is 55.9 Å². The zero-order chi connectivity index (χ0) is 49.1. The molecule has 2 amide bonds. The molecule has 2 aromatic carbocycles. The number of carbonyl (C=O) groups is 2. The van der Waals surface area contributed by atoms with Crippen LogP contribution < -0.4 is 20.1 Å². The van der Waals surface area contributed by atoms with Crippen LogP contribution in [0.2, 0.25) is 0 Å². The zero-order valence-electron chi connectivity index (χ0n) is 41.5. The third-order valence-corrected chi connectivity index (χ3v) is 16.3. The molecule has 4 aliphatic heterocycles. The minimum absolute atomic E-state index is 0.0181. The van der Waals surface area contributed by atoms with Crippen LogP contribution in [0.1, 0.15) is 59.2 Å². The van der Waals surface area contributed by atoms with E-state index in [-0.39, 0.29) is 36.1 Å². The van der Waals surface area contributed by atoms with Gasteiger partial charge in [0.25, 0.3) is 11.8 Å². The molecule has 6 fully saturated rings. The number of fused-ring (bicyclic) bond motifs is 6. The molecule has 6 aliphatic rings. The first-order chi connectivity index (χ1) is 35.7.